The number of aromatic nitrogens is 12. The number of thiazole rings is 1. The van der Waals surface area contributed by atoms with Crippen molar-refractivity contribution in [2.45, 2.75) is 58.5 Å². The number of pyridine rings is 4. The minimum absolute atomic E-state index is 0. The number of benzene rings is 12. The quantitative estimate of drug-likeness (QED) is 0.0428. The molecule has 0 radical (unpaired) electrons. The Labute approximate surface area is 917 Å². The van der Waals surface area contributed by atoms with Crippen molar-refractivity contribution in [2.75, 3.05) is 0 Å². The molecule has 10 heterocycles. The Hall–Kier alpha value is -14.4. The van der Waals surface area contributed by atoms with E-state index >= 15 is 0 Å². The SMILES string of the molecule is CC(C)[N-]C(C)C.Cc1cc(C)n(-c2[c-]c(Oc3ccccn3)cc(-c3nc(-c4ccccc4)co3)c2)n1.[Cl][Pt+].[Cl][Pt+].[Pt+2].[Pt+2].[S-]c1ccccc1.[c-]1c(Oc2ccccn2)cc(-c2cnc(-c3ccccc3)o2)cc1-n1cc(-c2ccccc2)cn1.[c-]1c(Oc2ccccn2)cccc1-c1ncc(-c2ccc(-c3ccccc3)cc2)o1.[c-]1c(Oc2ccccn2)cccc1-c1ncc(-c2ccc(-c3ccccc3)cc2)s1. The van der Waals surface area contributed by atoms with Crippen LogP contribution in [0.25, 0.3) is 139 Å². The topological polar surface area (TPSA) is 229 Å². The Balaban J connectivity index is 0.000000153. The first-order valence-electron chi connectivity index (χ1n) is 45.3. The molecule has 0 N–H and O–H groups in total. The summed E-state index contributed by atoms with van der Waals surface area (Å²) in [5.41, 5.74) is 18.1. The standard InChI is InChI=1S/C29H19N4O2.C26H17N2O2.C26H17N2OS.C25H19N4O2.C6H14N.C6H6S.2ClH.4Pt/c1-3-9-21(10-4-1)24-18-32-33(20-24)25-15-23(16-26(17-25)34-28-13-7-8-14-30-28)27-19-31-29(35-27)22-11-5-2-6-12-22;2*1-2-7-19(8-3-1)20-12-14-21(15-13-20)24-18-28-26(30-24)22-9-6-10-23(17-22)29-25-11-4-5-16-27-25;1-17-12-18(2)29(28-17)21-13-20(14-22(15-21)31-24-10-6-7-11-26-24)25-27-23(16-30-25)19-8-4-3-5-9-19;1-5(2)7-6(3)4;7-6-4-2-1-3-5-6;;;;;;/h1-16,18-20H;2*1-16,18H;3-14,16H,1-2H3;5-6H,1-4H3;1-5,7H;2*1H;;;;/q5*-1;;;;4*+2/p-3. The van der Waals surface area contributed by atoms with Crippen molar-refractivity contribution < 1.29 is 112 Å². The second kappa shape index (κ2) is 56.8. The van der Waals surface area contributed by atoms with Crippen LogP contribution in [0.15, 0.2) is 450 Å². The van der Waals surface area contributed by atoms with Crippen LogP contribution in [-0.4, -0.2) is 71.5 Å². The normalized spacial score (nSPS) is 10.3. The summed E-state index contributed by atoms with van der Waals surface area (Å²) in [7, 11) is 9.22. The summed E-state index contributed by atoms with van der Waals surface area (Å²) in [6.07, 6.45) is 17.6. The van der Waals surface area contributed by atoms with E-state index in [0.717, 1.165) is 98.7 Å². The van der Waals surface area contributed by atoms with Crippen molar-refractivity contribution >= 4 is 42.8 Å². The fourth-order valence-electron chi connectivity index (χ4n) is 14.4. The summed E-state index contributed by atoms with van der Waals surface area (Å²) in [5.74, 6) is 7.01. The molecule has 20 nitrogen and oxygen atoms in total. The van der Waals surface area contributed by atoms with E-state index in [2.05, 4.69) is 211 Å². The van der Waals surface area contributed by atoms with Crippen molar-refractivity contribution in [1.29, 1.82) is 0 Å². The molecule has 0 aliphatic rings. The maximum atomic E-state index is 6.10. The van der Waals surface area contributed by atoms with E-state index in [4.69, 9.17) is 44.8 Å². The molecule has 22 rings (SSSR count). The molecule has 0 saturated heterocycles. The molecule has 0 atom stereocenters. The molecule has 10 aromatic heterocycles. The van der Waals surface area contributed by atoms with Crippen molar-refractivity contribution in [3.63, 3.8) is 0 Å². The second-order valence-electron chi connectivity index (χ2n) is 31.9. The fraction of sp³-hybridized carbons (Fsp3) is 0.0678. The van der Waals surface area contributed by atoms with E-state index in [9.17, 15) is 0 Å². The Morgan fingerprint density at radius 1 is 0.356 bits per heavy atom. The Bertz CT molecular complexity index is 7330. The van der Waals surface area contributed by atoms with Gasteiger partial charge >= 0.3 is 98.5 Å². The average Bonchev–Trinajstić information content (AvgIpc) is 1.67. The van der Waals surface area contributed by atoms with Gasteiger partial charge in [-0.05, 0) is 101 Å². The average molecular weight is 2720 g/mol. The number of hydrogen-bond donors (Lipinski definition) is 0. The monoisotopic (exact) mass is 2720 g/mol. The van der Waals surface area contributed by atoms with Gasteiger partial charge in [-0.1, -0.05) is 299 Å². The van der Waals surface area contributed by atoms with Gasteiger partial charge in [0, 0.05) is 122 Å². The van der Waals surface area contributed by atoms with Crippen LogP contribution < -0.4 is 18.9 Å². The first-order valence-corrected chi connectivity index (χ1v) is 52.2. The zero-order valence-electron chi connectivity index (χ0n) is 79.2. The summed E-state index contributed by atoms with van der Waals surface area (Å²) in [4.78, 5) is 37.1. The van der Waals surface area contributed by atoms with Crippen LogP contribution in [0.5, 0.6) is 46.5 Å². The molecule has 0 aliphatic heterocycles. The van der Waals surface area contributed by atoms with Gasteiger partial charge < -0.3 is 50.1 Å². The van der Waals surface area contributed by atoms with Gasteiger partial charge in [-0.2, -0.15) is 26.4 Å². The molecule has 28 heteroatoms. The van der Waals surface area contributed by atoms with Gasteiger partial charge in [0.25, 0.3) is 0 Å². The van der Waals surface area contributed by atoms with Crippen molar-refractivity contribution in [3.05, 3.63) is 473 Å². The third kappa shape index (κ3) is 32.1. The van der Waals surface area contributed by atoms with Crippen LogP contribution in [0.3, 0.4) is 0 Å². The predicted octanol–water partition coefficient (Wildman–Crippen LogP) is 31.6. The molecule has 0 unspecified atom stereocenters. The van der Waals surface area contributed by atoms with Gasteiger partial charge in [-0.15, -0.1) is 90.4 Å². The number of ether oxygens (including phenoxy) is 4. The van der Waals surface area contributed by atoms with E-state index in [1.54, 1.807) is 115 Å². The molecule has 22 aromatic rings. The van der Waals surface area contributed by atoms with Gasteiger partial charge in [0.15, 0.2) is 0 Å². The summed E-state index contributed by atoms with van der Waals surface area (Å²) < 4.78 is 45.0. The number of aryl methyl sites for hydroxylation is 2. The van der Waals surface area contributed by atoms with Crippen molar-refractivity contribution in [2.24, 2.45) is 0 Å². The smallest absolute Gasteiger partial charge is 0.780 e. The van der Waals surface area contributed by atoms with E-state index in [0.29, 0.717) is 93.5 Å². The number of oxazole rings is 3. The molecule has 0 spiro atoms. The van der Waals surface area contributed by atoms with E-state index in [1.165, 1.54) is 16.7 Å². The third-order valence-corrected chi connectivity index (χ3v) is 22.1. The van der Waals surface area contributed by atoms with Crippen LogP contribution in [-0.2, 0) is 92.3 Å². The maximum Gasteiger partial charge on any atom is 2.00 e. The largest absolute Gasteiger partial charge is 2.00 e. The molecule has 736 valence electrons. The molecular formula is C118H91Cl2N13O7Pt4S2. The van der Waals surface area contributed by atoms with Gasteiger partial charge in [-0.3, -0.25) is 19.3 Å². The summed E-state index contributed by atoms with van der Waals surface area (Å²) in [6.45, 7) is 12.3. The molecule has 0 saturated carbocycles. The molecule has 0 bridgehead atoms. The Morgan fingerprint density at radius 2 is 0.767 bits per heavy atom. The molecule has 0 fully saturated rings. The summed E-state index contributed by atoms with van der Waals surface area (Å²) in [6, 6.07) is 134. The molecule has 0 amide bonds. The van der Waals surface area contributed by atoms with Gasteiger partial charge in [-0.25, -0.2) is 29.9 Å². The number of halogens is 2. The van der Waals surface area contributed by atoms with E-state index in [1.807, 2.05) is 304 Å². The van der Waals surface area contributed by atoms with Gasteiger partial charge in [0.1, 0.15) is 29.4 Å². The predicted molar refractivity (Wildman–Crippen MR) is 565 cm³/mol. The number of hydrogen-bond acceptors (Lipinski definition) is 19. The van der Waals surface area contributed by atoms with E-state index < -0.39 is 0 Å². The summed E-state index contributed by atoms with van der Waals surface area (Å²) >= 11 is 9.68. The number of rotatable bonds is 23. The van der Waals surface area contributed by atoms with Gasteiger partial charge in [0.2, 0.25) is 35.3 Å². The molecular weight excluding hydrogens is 2630 g/mol. The Kier molecular flexibility index (Phi) is 42.3. The molecule has 0 aliphatic carbocycles. The summed E-state index contributed by atoms with van der Waals surface area (Å²) in [5, 5.41) is 14.3. The van der Waals surface area contributed by atoms with E-state index in [-0.39, 0.29) is 42.1 Å². The second-order valence-corrected chi connectivity index (χ2v) is 33.5. The van der Waals surface area contributed by atoms with Crippen molar-refractivity contribution in [3.8, 4) is 181 Å². The third-order valence-electron chi connectivity index (χ3n) is 20.8. The first kappa shape index (κ1) is 109. The minimum atomic E-state index is 0. The minimum Gasteiger partial charge on any atom is -0.780 e. The van der Waals surface area contributed by atoms with Gasteiger partial charge in [0.05, 0.1) is 24.3 Å². The van der Waals surface area contributed by atoms with Crippen LogP contribution in [0.2, 0.25) is 0 Å². The zero-order chi connectivity index (χ0) is 100.0. The van der Waals surface area contributed by atoms with Crippen LogP contribution in [0.1, 0.15) is 39.1 Å². The van der Waals surface area contributed by atoms with Crippen LogP contribution >= 0.6 is 30.2 Å². The maximum absolute atomic E-state index is 6.10. The zero-order valence-corrected chi connectivity index (χ0v) is 91.4. The molecule has 146 heavy (non-hydrogen) atoms. The fourth-order valence-corrected chi connectivity index (χ4v) is 15.4. The van der Waals surface area contributed by atoms with Crippen molar-refractivity contribution in [1.82, 2.24) is 59.4 Å². The number of nitrogens with zero attached hydrogens (tertiary/aromatic N) is 13. The van der Waals surface area contributed by atoms with Crippen LogP contribution in [0.4, 0.5) is 0 Å². The Morgan fingerprint density at radius 3 is 1.24 bits per heavy atom. The van der Waals surface area contributed by atoms with Crippen LogP contribution in [0, 0.1) is 38.1 Å². The first-order chi connectivity index (χ1) is 70.7. The molecule has 12 aromatic carbocycles.